The summed E-state index contributed by atoms with van der Waals surface area (Å²) in [6, 6.07) is 4.56. The Morgan fingerprint density at radius 1 is 1.21 bits per heavy atom. The molecular weight excluding hydrogens is 402 g/mol. The molecule has 1 aliphatic heterocycles. The first-order chi connectivity index (χ1) is 14.1. The van der Waals surface area contributed by atoms with E-state index in [9.17, 15) is 4.79 Å². The van der Waals surface area contributed by atoms with Gasteiger partial charge < -0.3 is 10.2 Å². The van der Waals surface area contributed by atoms with Gasteiger partial charge in [-0.05, 0) is 43.7 Å². The summed E-state index contributed by atoms with van der Waals surface area (Å²) in [7, 11) is 0. The number of piperazine rings is 1. The van der Waals surface area contributed by atoms with Gasteiger partial charge in [0, 0.05) is 37.1 Å². The van der Waals surface area contributed by atoms with Gasteiger partial charge in [0.15, 0.2) is 5.82 Å². The van der Waals surface area contributed by atoms with E-state index in [-0.39, 0.29) is 5.91 Å². The Morgan fingerprint density at radius 3 is 2.69 bits per heavy atom. The molecule has 1 aliphatic carbocycles. The fraction of sp³-hybridized carbons (Fsp3) is 0.476. The van der Waals surface area contributed by atoms with E-state index >= 15 is 0 Å². The molecule has 2 aliphatic rings. The number of amides is 1. The van der Waals surface area contributed by atoms with Crippen molar-refractivity contribution in [3.63, 3.8) is 0 Å². The van der Waals surface area contributed by atoms with Crippen molar-refractivity contribution in [1.82, 2.24) is 20.2 Å². The molecule has 152 valence electrons. The van der Waals surface area contributed by atoms with E-state index in [1.165, 1.54) is 15.8 Å². The molecule has 2 fully saturated rings. The average Bonchev–Trinajstić information content (AvgIpc) is 3.24. The third-order valence-corrected chi connectivity index (χ3v) is 7.70. The average molecular weight is 428 g/mol. The summed E-state index contributed by atoms with van der Waals surface area (Å²) < 4.78 is 0. The van der Waals surface area contributed by atoms with Crippen LogP contribution in [0.2, 0.25) is 0 Å². The van der Waals surface area contributed by atoms with Gasteiger partial charge in [-0.15, -0.1) is 22.7 Å². The molecule has 4 heterocycles. The third kappa shape index (κ3) is 3.89. The molecule has 29 heavy (non-hydrogen) atoms. The smallest absolute Gasteiger partial charge is 0.234 e. The van der Waals surface area contributed by atoms with Crippen molar-refractivity contribution in [2.45, 2.75) is 32.7 Å². The predicted octanol–water partition coefficient (Wildman–Crippen LogP) is 3.44. The predicted molar refractivity (Wildman–Crippen MR) is 120 cm³/mol. The van der Waals surface area contributed by atoms with E-state index in [0.717, 1.165) is 60.4 Å². The molecule has 1 N–H and O–H groups in total. The molecule has 1 saturated heterocycles. The number of fused-ring (bicyclic) bond motifs is 1. The number of carbonyl (C=O) groups excluding carboxylic acids is 1. The highest BCUT2D eigenvalue weighted by Gasteiger charge is 2.27. The third-order valence-electron chi connectivity index (χ3n) is 5.73. The Bertz CT molecular complexity index is 1030. The quantitative estimate of drug-likeness (QED) is 0.676. The number of hydrogen-bond acceptors (Lipinski definition) is 7. The van der Waals surface area contributed by atoms with Crippen LogP contribution in [0.4, 0.5) is 5.82 Å². The highest BCUT2D eigenvalue weighted by atomic mass is 32.1. The highest BCUT2D eigenvalue weighted by Crippen LogP contribution is 2.37. The summed E-state index contributed by atoms with van der Waals surface area (Å²) in [5, 5.41) is 6.35. The number of carbonyl (C=O) groups is 1. The highest BCUT2D eigenvalue weighted by molar-refractivity contribution is 7.19. The zero-order chi connectivity index (χ0) is 20.0. The second-order valence-corrected chi connectivity index (χ2v) is 10.1. The molecule has 1 saturated carbocycles. The zero-order valence-electron chi connectivity index (χ0n) is 16.8. The summed E-state index contributed by atoms with van der Waals surface area (Å²) in [6.07, 6.45) is 2.27. The van der Waals surface area contributed by atoms with Gasteiger partial charge in [-0.3, -0.25) is 9.69 Å². The van der Waals surface area contributed by atoms with E-state index in [1.54, 1.807) is 22.7 Å². The molecule has 0 unspecified atom stereocenters. The van der Waals surface area contributed by atoms with Gasteiger partial charge in [0.1, 0.15) is 10.6 Å². The number of thiophene rings is 2. The Morgan fingerprint density at radius 2 is 2.00 bits per heavy atom. The van der Waals surface area contributed by atoms with Crippen molar-refractivity contribution in [2.75, 3.05) is 37.6 Å². The number of anilines is 1. The van der Waals surface area contributed by atoms with Gasteiger partial charge in [-0.25, -0.2) is 9.97 Å². The van der Waals surface area contributed by atoms with E-state index in [4.69, 9.17) is 9.97 Å². The molecule has 1 amide bonds. The van der Waals surface area contributed by atoms with Crippen molar-refractivity contribution >= 4 is 44.6 Å². The lowest BCUT2D eigenvalue weighted by molar-refractivity contribution is -0.122. The van der Waals surface area contributed by atoms with Crippen LogP contribution in [-0.4, -0.2) is 59.5 Å². The largest absolute Gasteiger partial charge is 0.353 e. The lowest BCUT2D eigenvalue weighted by atomic mass is 10.2. The minimum Gasteiger partial charge on any atom is -0.353 e. The monoisotopic (exact) mass is 427 g/mol. The lowest BCUT2D eigenvalue weighted by Gasteiger charge is -2.35. The van der Waals surface area contributed by atoms with Gasteiger partial charge in [0.05, 0.1) is 16.8 Å². The minimum absolute atomic E-state index is 0.162. The summed E-state index contributed by atoms with van der Waals surface area (Å²) in [6.45, 7) is 8.33. The maximum Gasteiger partial charge on any atom is 0.234 e. The van der Waals surface area contributed by atoms with Crippen LogP contribution >= 0.6 is 22.7 Å². The van der Waals surface area contributed by atoms with Crippen LogP contribution in [-0.2, 0) is 4.79 Å². The maximum absolute atomic E-state index is 12.1. The molecule has 8 heteroatoms. The van der Waals surface area contributed by atoms with Crippen LogP contribution in [0.3, 0.4) is 0 Å². The lowest BCUT2D eigenvalue weighted by Crippen LogP contribution is -2.50. The SMILES string of the molecule is Cc1sc2nc(-c3cccs3)nc(N3CCN(CC(=O)NC4CC4)CC3)c2c1C. The van der Waals surface area contributed by atoms with Crippen molar-refractivity contribution in [1.29, 1.82) is 0 Å². The van der Waals surface area contributed by atoms with Gasteiger partial charge >= 0.3 is 0 Å². The fourth-order valence-corrected chi connectivity index (χ4v) is 5.48. The molecular formula is C21H25N5OS2. The molecule has 5 rings (SSSR count). The van der Waals surface area contributed by atoms with E-state index in [0.29, 0.717) is 12.6 Å². The first kappa shape index (κ1) is 19.0. The molecule has 3 aromatic rings. The topological polar surface area (TPSA) is 61.4 Å². The van der Waals surface area contributed by atoms with Crippen LogP contribution in [0.5, 0.6) is 0 Å². The number of nitrogens with one attached hydrogen (secondary N) is 1. The first-order valence-electron chi connectivity index (χ1n) is 10.2. The normalized spacial score (nSPS) is 17.8. The van der Waals surface area contributed by atoms with Crippen LogP contribution < -0.4 is 10.2 Å². The Kier molecular flexibility index (Phi) is 5.01. The van der Waals surface area contributed by atoms with Crippen molar-refractivity contribution < 1.29 is 4.79 Å². The second-order valence-electron chi connectivity index (χ2n) is 7.92. The van der Waals surface area contributed by atoms with Gasteiger partial charge in [-0.2, -0.15) is 0 Å². The van der Waals surface area contributed by atoms with Gasteiger partial charge in [-0.1, -0.05) is 6.07 Å². The van der Waals surface area contributed by atoms with Crippen LogP contribution in [0, 0.1) is 13.8 Å². The molecule has 0 spiro atoms. The fourth-order valence-electron chi connectivity index (χ4n) is 3.80. The standard InChI is InChI=1S/C21H25N5OS2/c1-13-14(2)29-21-18(13)20(23-19(24-21)16-4-3-11-28-16)26-9-7-25(8-10-26)12-17(27)22-15-5-6-15/h3-4,11,15H,5-10,12H2,1-2H3,(H,22,27). The minimum atomic E-state index is 0.162. The molecule has 0 atom stereocenters. The Hall–Kier alpha value is -2.03. The van der Waals surface area contributed by atoms with Crippen LogP contribution in [0.25, 0.3) is 20.9 Å². The van der Waals surface area contributed by atoms with Crippen LogP contribution in [0.1, 0.15) is 23.3 Å². The zero-order valence-corrected chi connectivity index (χ0v) is 18.4. The van der Waals surface area contributed by atoms with Crippen molar-refractivity contribution in [3.05, 3.63) is 28.0 Å². The molecule has 0 bridgehead atoms. The summed E-state index contributed by atoms with van der Waals surface area (Å²) in [4.78, 5) is 30.1. The Balaban J connectivity index is 1.38. The first-order valence-corrected chi connectivity index (χ1v) is 11.9. The second kappa shape index (κ2) is 7.66. The molecule has 6 nitrogen and oxygen atoms in total. The number of rotatable bonds is 5. The van der Waals surface area contributed by atoms with Crippen molar-refractivity contribution in [2.24, 2.45) is 0 Å². The summed E-state index contributed by atoms with van der Waals surface area (Å²) in [5.74, 6) is 2.02. The number of nitrogens with zero attached hydrogens (tertiary/aromatic N) is 4. The summed E-state index contributed by atoms with van der Waals surface area (Å²) in [5.41, 5.74) is 1.28. The Labute approximate surface area is 178 Å². The molecule has 3 aromatic heterocycles. The maximum atomic E-state index is 12.1. The van der Waals surface area contributed by atoms with Gasteiger partial charge in [0.25, 0.3) is 0 Å². The van der Waals surface area contributed by atoms with Gasteiger partial charge in [0.2, 0.25) is 5.91 Å². The molecule has 0 aromatic carbocycles. The number of aryl methyl sites for hydroxylation is 2. The number of hydrogen-bond donors (Lipinski definition) is 1. The van der Waals surface area contributed by atoms with Crippen LogP contribution in [0.15, 0.2) is 17.5 Å². The summed E-state index contributed by atoms with van der Waals surface area (Å²) >= 11 is 3.43. The number of aromatic nitrogens is 2. The van der Waals surface area contributed by atoms with E-state index in [1.807, 2.05) is 6.07 Å². The molecule has 0 radical (unpaired) electrons. The van der Waals surface area contributed by atoms with E-state index in [2.05, 4.69) is 40.4 Å². The van der Waals surface area contributed by atoms with Crippen molar-refractivity contribution in [3.8, 4) is 10.7 Å². The van der Waals surface area contributed by atoms with E-state index < -0.39 is 0 Å².